The van der Waals surface area contributed by atoms with Crippen LogP contribution in [0.2, 0.25) is 0 Å². The van der Waals surface area contributed by atoms with Crippen LogP contribution in [0.1, 0.15) is 11.1 Å². The average Bonchev–Trinajstić information content (AvgIpc) is 2.56. The third-order valence-corrected chi connectivity index (χ3v) is 3.66. The van der Waals surface area contributed by atoms with Gasteiger partial charge >= 0.3 is 5.97 Å². The van der Waals surface area contributed by atoms with E-state index < -0.39 is 11.6 Å². The van der Waals surface area contributed by atoms with Crippen molar-refractivity contribution in [3.05, 3.63) is 71.8 Å². The highest BCUT2D eigenvalue weighted by Crippen LogP contribution is 2.27. The van der Waals surface area contributed by atoms with Crippen LogP contribution in [0.5, 0.6) is 0 Å². The van der Waals surface area contributed by atoms with Gasteiger partial charge in [-0.2, -0.15) is 0 Å². The molecule has 0 unspecified atom stereocenters. The van der Waals surface area contributed by atoms with E-state index in [9.17, 15) is 9.90 Å². The number of carbonyl (C=O) groups excluding carboxylic acids is 1. The molecule has 0 fully saturated rings. The molecule has 122 valence electrons. The standard InChI is InChI=1S/C19H23NO3/c1-20(2)13-14-23-18(21)19(22,17-11-7-4-8-12-17)15-16-9-5-3-6-10-16/h3-12,22H,13-15H2,1-2H3/t19-/m0/s1. The Labute approximate surface area is 137 Å². The summed E-state index contributed by atoms with van der Waals surface area (Å²) in [5.74, 6) is -0.616. The molecule has 0 saturated heterocycles. The van der Waals surface area contributed by atoms with Gasteiger partial charge in [0.2, 0.25) is 0 Å². The van der Waals surface area contributed by atoms with Crippen molar-refractivity contribution in [2.45, 2.75) is 12.0 Å². The van der Waals surface area contributed by atoms with E-state index in [2.05, 4.69) is 0 Å². The summed E-state index contributed by atoms with van der Waals surface area (Å²) in [4.78, 5) is 14.5. The minimum Gasteiger partial charge on any atom is -0.462 e. The summed E-state index contributed by atoms with van der Waals surface area (Å²) in [6, 6.07) is 18.4. The highest BCUT2D eigenvalue weighted by atomic mass is 16.5. The van der Waals surface area contributed by atoms with Crippen molar-refractivity contribution >= 4 is 5.97 Å². The molecule has 4 heteroatoms. The van der Waals surface area contributed by atoms with Gasteiger partial charge in [0.15, 0.2) is 5.60 Å². The van der Waals surface area contributed by atoms with Gasteiger partial charge in [0, 0.05) is 13.0 Å². The second kappa shape index (κ2) is 7.90. The Balaban J connectivity index is 2.22. The van der Waals surface area contributed by atoms with E-state index in [1.807, 2.05) is 55.4 Å². The number of benzene rings is 2. The highest BCUT2D eigenvalue weighted by molar-refractivity contribution is 5.81. The van der Waals surface area contributed by atoms with Crippen LogP contribution in [0.3, 0.4) is 0 Å². The predicted molar refractivity (Wildman–Crippen MR) is 90.0 cm³/mol. The maximum absolute atomic E-state index is 12.6. The molecule has 0 bridgehead atoms. The molecule has 1 atom stereocenters. The second-order valence-corrected chi connectivity index (χ2v) is 5.83. The molecule has 1 N–H and O–H groups in total. The molecular formula is C19H23NO3. The summed E-state index contributed by atoms with van der Waals surface area (Å²) >= 11 is 0. The van der Waals surface area contributed by atoms with Crippen molar-refractivity contribution in [3.8, 4) is 0 Å². The zero-order valence-electron chi connectivity index (χ0n) is 13.6. The van der Waals surface area contributed by atoms with E-state index in [-0.39, 0.29) is 13.0 Å². The van der Waals surface area contributed by atoms with Gasteiger partial charge in [0.1, 0.15) is 6.61 Å². The highest BCUT2D eigenvalue weighted by Gasteiger charge is 2.39. The lowest BCUT2D eigenvalue weighted by atomic mass is 9.87. The Morgan fingerprint density at radius 3 is 2.17 bits per heavy atom. The van der Waals surface area contributed by atoms with E-state index in [0.29, 0.717) is 12.1 Å². The normalized spacial score (nSPS) is 13.6. The van der Waals surface area contributed by atoms with Crippen molar-refractivity contribution in [2.75, 3.05) is 27.2 Å². The molecule has 0 heterocycles. The molecule has 0 saturated carbocycles. The summed E-state index contributed by atoms with van der Waals surface area (Å²) in [5.41, 5.74) is -0.267. The lowest BCUT2D eigenvalue weighted by Gasteiger charge is -2.27. The molecule has 2 aromatic carbocycles. The average molecular weight is 313 g/mol. The van der Waals surface area contributed by atoms with Gasteiger partial charge < -0.3 is 14.7 Å². The molecule has 4 nitrogen and oxygen atoms in total. The molecule has 2 aromatic rings. The van der Waals surface area contributed by atoms with Gasteiger partial charge in [-0.05, 0) is 25.2 Å². The summed E-state index contributed by atoms with van der Waals surface area (Å²) in [5, 5.41) is 11.1. The number of rotatable bonds is 7. The lowest BCUT2D eigenvalue weighted by Crippen LogP contribution is -2.40. The smallest absolute Gasteiger partial charge is 0.343 e. The Bertz CT molecular complexity index is 613. The fourth-order valence-corrected chi connectivity index (χ4v) is 2.34. The first-order chi connectivity index (χ1) is 11.0. The quantitative estimate of drug-likeness (QED) is 0.796. The first-order valence-electron chi connectivity index (χ1n) is 7.66. The second-order valence-electron chi connectivity index (χ2n) is 5.83. The van der Waals surface area contributed by atoms with Crippen molar-refractivity contribution in [3.63, 3.8) is 0 Å². The number of nitrogens with zero attached hydrogens (tertiary/aromatic N) is 1. The molecule has 0 amide bonds. The van der Waals surface area contributed by atoms with Gasteiger partial charge in [-0.15, -0.1) is 0 Å². The third-order valence-electron chi connectivity index (χ3n) is 3.66. The van der Waals surface area contributed by atoms with Crippen molar-refractivity contribution in [2.24, 2.45) is 0 Å². The largest absolute Gasteiger partial charge is 0.462 e. The monoisotopic (exact) mass is 313 g/mol. The minimum absolute atomic E-state index is 0.179. The fraction of sp³-hybridized carbons (Fsp3) is 0.316. The van der Waals surface area contributed by atoms with Gasteiger partial charge in [-0.3, -0.25) is 0 Å². The minimum atomic E-state index is -1.69. The Kier molecular flexibility index (Phi) is 5.90. The van der Waals surface area contributed by atoms with Crippen molar-refractivity contribution < 1.29 is 14.6 Å². The van der Waals surface area contributed by atoms with Crippen LogP contribution < -0.4 is 0 Å². The topological polar surface area (TPSA) is 49.8 Å². The molecule has 0 aliphatic rings. The molecule has 0 aliphatic heterocycles. The summed E-state index contributed by atoms with van der Waals surface area (Å²) in [7, 11) is 3.81. The van der Waals surface area contributed by atoms with Gasteiger partial charge in [0.25, 0.3) is 0 Å². The van der Waals surface area contributed by atoms with Gasteiger partial charge in [0.05, 0.1) is 0 Å². The van der Waals surface area contributed by atoms with Crippen molar-refractivity contribution in [1.29, 1.82) is 0 Å². The summed E-state index contributed by atoms with van der Waals surface area (Å²) < 4.78 is 5.31. The molecule has 23 heavy (non-hydrogen) atoms. The van der Waals surface area contributed by atoms with Crippen LogP contribution >= 0.6 is 0 Å². The first kappa shape index (κ1) is 17.2. The number of hydrogen-bond donors (Lipinski definition) is 1. The molecule has 2 rings (SSSR count). The lowest BCUT2D eigenvalue weighted by molar-refractivity contribution is -0.167. The number of ether oxygens (including phenoxy) is 1. The van der Waals surface area contributed by atoms with E-state index in [0.717, 1.165) is 5.56 Å². The zero-order chi connectivity index (χ0) is 16.7. The third kappa shape index (κ3) is 4.65. The van der Waals surface area contributed by atoms with E-state index in [1.165, 1.54) is 0 Å². The Morgan fingerprint density at radius 1 is 1.04 bits per heavy atom. The summed E-state index contributed by atoms with van der Waals surface area (Å²) in [6.45, 7) is 0.859. The first-order valence-corrected chi connectivity index (χ1v) is 7.66. The maximum Gasteiger partial charge on any atom is 0.343 e. The van der Waals surface area contributed by atoms with Crippen LogP contribution in [0.25, 0.3) is 0 Å². The van der Waals surface area contributed by atoms with Crippen LogP contribution in [0, 0.1) is 0 Å². The SMILES string of the molecule is CN(C)CCOC(=O)[C@](O)(Cc1ccccc1)c1ccccc1. The Morgan fingerprint density at radius 2 is 1.61 bits per heavy atom. The number of esters is 1. The van der Waals surface area contributed by atoms with E-state index in [4.69, 9.17) is 4.74 Å². The van der Waals surface area contributed by atoms with E-state index >= 15 is 0 Å². The van der Waals surface area contributed by atoms with Gasteiger partial charge in [-0.1, -0.05) is 60.7 Å². The molecular weight excluding hydrogens is 290 g/mol. The van der Waals surface area contributed by atoms with Crippen LogP contribution in [-0.2, 0) is 21.6 Å². The van der Waals surface area contributed by atoms with Crippen LogP contribution in [-0.4, -0.2) is 43.2 Å². The number of carbonyl (C=O) groups is 1. The van der Waals surface area contributed by atoms with Crippen molar-refractivity contribution in [1.82, 2.24) is 4.90 Å². The molecule has 0 aromatic heterocycles. The number of aliphatic hydroxyl groups is 1. The zero-order valence-corrected chi connectivity index (χ0v) is 13.6. The van der Waals surface area contributed by atoms with Crippen LogP contribution in [0.15, 0.2) is 60.7 Å². The fourth-order valence-electron chi connectivity index (χ4n) is 2.34. The van der Waals surface area contributed by atoms with E-state index in [1.54, 1.807) is 24.3 Å². The molecule has 0 aliphatic carbocycles. The Hall–Kier alpha value is -2.17. The predicted octanol–water partition coefficient (Wildman–Crippen LogP) is 2.22. The number of hydrogen-bond acceptors (Lipinski definition) is 4. The molecule has 0 spiro atoms. The maximum atomic E-state index is 12.6. The number of likely N-dealkylation sites (N-methyl/N-ethyl adjacent to an activating group) is 1. The van der Waals surface area contributed by atoms with Gasteiger partial charge in [-0.25, -0.2) is 4.79 Å². The molecule has 0 radical (unpaired) electrons. The summed E-state index contributed by atoms with van der Waals surface area (Å²) in [6.07, 6.45) is 0.179. The van der Waals surface area contributed by atoms with Crippen LogP contribution in [0.4, 0.5) is 0 Å².